The van der Waals surface area contributed by atoms with Crippen molar-refractivity contribution in [2.45, 2.75) is 0 Å². The average Bonchev–Trinajstić information content (AvgIpc) is 1.58. The molecule has 0 aliphatic rings. The van der Waals surface area contributed by atoms with Gasteiger partial charge in [0.05, 0.1) is 0 Å². The highest BCUT2D eigenvalue weighted by Crippen LogP contribution is 2.46. The van der Waals surface area contributed by atoms with E-state index in [1.54, 1.807) is 0 Å². The van der Waals surface area contributed by atoms with Gasteiger partial charge in [0.1, 0.15) is 22.3 Å². The second kappa shape index (κ2) is 35.9. The maximum atomic E-state index is 6.85. The third-order valence-corrected chi connectivity index (χ3v) is 25.1. The highest BCUT2D eigenvalue weighted by molar-refractivity contribution is 6.16. The van der Waals surface area contributed by atoms with Crippen LogP contribution in [0, 0.1) is 0 Å². The van der Waals surface area contributed by atoms with Crippen LogP contribution in [-0.4, -0.2) is 29.9 Å². The summed E-state index contributed by atoms with van der Waals surface area (Å²) in [5.74, 6) is 3.50. The highest BCUT2D eigenvalue weighted by atomic mass is 16.3. The largest absolute Gasteiger partial charge is 0.455 e. The Bertz CT molecular complexity index is 8330. The van der Waals surface area contributed by atoms with E-state index < -0.39 is 0 Å². The van der Waals surface area contributed by atoms with Gasteiger partial charge in [-0.15, -0.1) is 0 Å². The number of aromatic nitrogens is 6. The summed E-state index contributed by atoms with van der Waals surface area (Å²) in [4.78, 5) is 31.5. The van der Waals surface area contributed by atoms with E-state index in [0.29, 0.717) is 34.9 Å². The van der Waals surface area contributed by atoms with E-state index in [2.05, 4.69) is 431 Å². The molecule has 4 heterocycles. The summed E-state index contributed by atoms with van der Waals surface area (Å²) in [6.07, 6.45) is 0. The first-order valence-corrected chi connectivity index (χ1v) is 45.2. The third kappa shape index (κ3) is 16.4. The van der Waals surface area contributed by atoms with Gasteiger partial charge in [-0.25, -0.2) is 29.9 Å². The van der Waals surface area contributed by atoms with E-state index in [9.17, 15) is 0 Å². The van der Waals surface area contributed by atoms with E-state index in [-0.39, 0.29) is 0 Å². The van der Waals surface area contributed by atoms with Gasteiger partial charge in [0.2, 0.25) is 0 Å². The Labute approximate surface area is 776 Å². The van der Waals surface area contributed by atoms with Crippen molar-refractivity contribution >= 4 is 43.9 Å². The number of para-hydroxylation sites is 2. The number of nitrogens with zero attached hydrogens (tertiary/aromatic N) is 6. The van der Waals surface area contributed by atoms with E-state index in [1.165, 1.54) is 33.4 Å². The molecular formula is C126H82N6O2. The normalized spacial score (nSPS) is 11.3. The molecule has 134 heavy (non-hydrogen) atoms. The van der Waals surface area contributed by atoms with Crippen molar-refractivity contribution < 1.29 is 8.83 Å². The maximum absolute atomic E-state index is 6.85. The van der Waals surface area contributed by atoms with Gasteiger partial charge in [0.15, 0.2) is 34.9 Å². The molecule has 0 fully saturated rings. The Kier molecular flexibility index (Phi) is 21.6. The first-order chi connectivity index (χ1) is 66.4. The zero-order chi connectivity index (χ0) is 89.0. The molecule has 24 aromatic rings. The minimum Gasteiger partial charge on any atom is -0.455 e. The smallest absolute Gasteiger partial charge is 0.164 e. The van der Waals surface area contributed by atoms with Crippen molar-refractivity contribution in [3.63, 3.8) is 0 Å². The van der Waals surface area contributed by atoms with Gasteiger partial charge in [-0.05, 0) is 171 Å². The van der Waals surface area contributed by atoms with Crippen LogP contribution in [0.2, 0.25) is 0 Å². The van der Waals surface area contributed by atoms with E-state index >= 15 is 0 Å². The molecule has 0 saturated carbocycles. The Morgan fingerprint density at radius 2 is 0.306 bits per heavy atom. The van der Waals surface area contributed by atoms with Crippen LogP contribution < -0.4 is 0 Å². The molecule has 0 atom stereocenters. The quantitative estimate of drug-likeness (QED) is 0.0837. The predicted octanol–water partition coefficient (Wildman–Crippen LogP) is 33.5. The Morgan fingerprint density at radius 3 is 0.604 bits per heavy atom. The van der Waals surface area contributed by atoms with Gasteiger partial charge in [-0.3, -0.25) is 0 Å². The molecule has 0 bridgehead atoms. The fraction of sp³-hybridized carbons (Fsp3) is 0. The fourth-order valence-electron chi connectivity index (χ4n) is 18.3. The topological polar surface area (TPSA) is 104 Å². The van der Waals surface area contributed by atoms with Gasteiger partial charge in [-0.1, -0.05) is 449 Å². The van der Waals surface area contributed by atoms with Gasteiger partial charge in [-0.2, -0.15) is 0 Å². The molecule has 24 rings (SSSR count). The molecule has 20 aromatic carbocycles. The first kappa shape index (κ1) is 80.6. The van der Waals surface area contributed by atoms with Crippen LogP contribution in [0.5, 0.6) is 0 Å². The first-order valence-electron chi connectivity index (χ1n) is 45.2. The average molecular weight is 1710 g/mol. The number of furan rings is 2. The van der Waals surface area contributed by atoms with Gasteiger partial charge < -0.3 is 8.83 Å². The minimum atomic E-state index is 0.568. The van der Waals surface area contributed by atoms with E-state index in [0.717, 1.165) is 177 Å². The third-order valence-electron chi connectivity index (χ3n) is 25.1. The molecule has 0 amide bonds. The molecule has 0 aliphatic carbocycles. The highest BCUT2D eigenvalue weighted by Gasteiger charge is 2.25. The monoisotopic (exact) mass is 1710 g/mol. The van der Waals surface area contributed by atoms with Crippen LogP contribution >= 0.6 is 0 Å². The molecule has 0 radical (unpaired) electrons. The maximum Gasteiger partial charge on any atom is 0.164 e. The summed E-state index contributed by atoms with van der Waals surface area (Å²) in [5.41, 5.74) is 35.7. The molecule has 0 unspecified atom stereocenters. The molecule has 0 N–H and O–H groups in total. The lowest BCUT2D eigenvalue weighted by molar-refractivity contribution is 0.669. The van der Waals surface area contributed by atoms with Crippen LogP contribution in [0.25, 0.3) is 246 Å². The van der Waals surface area contributed by atoms with Crippen molar-refractivity contribution in [1.29, 1.82) is 0 Å². The SMILES string of the molecule is c1ccc(-c2ccc(-c3cccc(-c4cccc5c4oc4cccc(-c6nc(-c7ccc(-c8ccccc8)cc7)nc(-c7cc(-c8ccccc8)cc(-c8ccccc8)c7)n6)c45)c3)cc2)cc1.c1ccc(-c2ccc(-c3cccc(-c4cccc5c4oc4cccc(-c6nc(-c7ccc(-c8ccccc8)cc7)nc(-c7ccc(-c8cccc(-c9ccccc9)c8)cc7)n6)c45)c3)cc2)cc1. The van der Waals surface area contributed by atoms with Gasteiger partial charge in [0, 0.05) is 66.1 Å². The van der Waals surface area contributed by atoms with Crippen molar-refractivity contribution in [2.75, 3.05) is 0 Å². The lowest BCUT2D eigenvalue weighted by atomic mass is 9.95. The summed E-state index contributed by atoms with van der Waals surface area (Å²) in [6.45, 7) is 0. The summed E-state index contributed by atoms with van der Waals surface area (Å²) in [6, 6.07) is 174. The number of rotatable bonds is 18. The predicted molar refractivity (Wildman–Crippen MR) is 552 cm³/mol. The van der Waals surface area contributed by atoms with Crippen molar-refractivity contribution in [1.82, 2.24) is 29.9 Å². The van der Waals surface area contributed by atoms with Crippen molar-refractivity contribution in [2.24, 2.45) is 0 Å². The van der Waals surface area contributed by atoms with Crippen molar-refractivity contribution in [3.8, 4) is 202 Å². The molecule has 4 aromatic heterocycles. The summed E-state index contributed by atoms with van der Waals surface area (Å²) < 4.78 is 13.7. The summed E-state index contributed by atoms with van der Waals surface area (Å²) in [7, 11) is 0. The second-order valence-electron chi connectivity index (χ2n) is 33.5. The Morgan fingerprint density at radius 1 is 0.119 bits per heavy atom. The number of benzene rings is 20. The zero-order valence-electron chi connectivity index (χ0n) is 72.8. The van der Waals surface area contributed by atoms with Crippen LogP contribution in [0.4, 0.5) is 0 Å². The Hall–Kier alpha value is -18.0. The fourth-order valence-corrected chi connectivity index (χ4v) is 18.3. The molecule has 0 aliphatic heterocycles. The Balaban J connectivity index is 0.000000151. The second-order valence-corrected chi connectivity index (χ2v) is 33.5. The van der Waals surface area contributed by atoms with Crippen LogP contribution in [0.3, 0.4) is 0 Å². The molecule has 8 nitrogen and oxygen atoms in total. The molecule has 0 saturated heterocycles. The number of fused-ring (bicyclic) bond motifs is 6. The van der Waals surface area contributed by atoms with Crippen LogP contribution in [-0.2, 0) is 0 Å². The van der Waals surface area contributed by atoms with Crippen LogP contribution in [0.1, 0.15) is 0 Å². The van der Waals surface area contributed by atoms with Gasteiger partial charge >= 0.3 is 0 Å². The summed E-state index contributed by atoms with van der Waals surface area (Å²) >= 11 is 0. The van der Waals surface area contributed by atoms with Crippen LogP contribution in [0.15, 0.2) is 506 Å². The van der Waals surface area contributed by atoms with Crippen molar-refractivity contribution in [3.05, 3.63) is 497 Å². The zero-order valence-corrected chi connectivity index (χ0v) is 72.8. The molecular weight excluding hydrogens is 1630 g/mol. The molecule has 0 spiro atoms. The number of hydrogen-bond acceptors (Lipinski definition) is 8. The minimum absolute atomic E-state index is 0.568. The summed E-state index contributed by atoms with van der Waals surface area (Å²) in [5, 5.41) is 3.91. The molecule has 8 heteroatoms. The standard InChI is InChI=1S/2C63H41N3O/c1-5-16-42(17-6-1)46-30-32-48(33-31-46)50-24-13-25-51(38-50)55-26-14-27-56-59-57(28-15-29-58(59)67-60(55)56)63-65-61(49-36-34-47(35-37-49)43-18-7-2-8-19-43)64-62(66-63)54-40-52(44-20-9-3-10-21-44)39-53(41-54)45-22-11-4-12-23-45;1-4-14-42(15-5-1)45-28-30-47(31-29-45)53-22-11-23-54(41-53)55-24-12-25-56-59-57(26-13-27-58(59)67-60(55)56)63-65-61(49-36-32-46(33-37-49)43-16-6-2-7-17-43)64-62(66-63)50-38-34-48(35-39-50)52-21-10-20-51(40-52)44-18-8-3-9-19-44/h2*1-41H. The van der Waals surface area contributed by atoms with Gasteiger partial charge in [0.25, 0.3) is 0 Å². The van der Waals surface area contributed by atoms with E-state index in [1.807, 2.05) is 66.7 Å². The number of hydrogen-bond donors (Lipinski definition) is 0. The lowest BCUT2D eigenvalue weighted by Crippen LogP contribution is -2.01. The van der Waals surface area contributed by atoms with E-state index in [4.69, 9.17) is 38.7 Å². The molecule has 628 valence electrons. The lowest BCUT2D eigenvalue weighted by Gasteiger charge is -2.13.